The number of hydrogen-bond donors (Lipinski definition) is 3. The van der Waals surface area contributed by atoms with Crippen molar-refractivity contribution in [1.82, 2.24) is 10.2 Å². The zero-order chi connectivity index (χ0) is 14.3. The molecule has 112 valence electrons. The number of rotatable bonds is 6. The molecule has 0 amide bonds. The summed E-state index contributed by atoms with van der Waals surface area (Å²) in [5.41, 5.74) is 5.06. The summed E-state index contributed by atoms with van der Waals surface area (Å²) < 4.78 is 37.8. The SMILES string of the molecule is NC(=NO)C(CNCCN1CCSCC1)C(F)(F)F. The standard InChI is InChI=1S/C10H19F3N4OS/c11-10(12,13)8(9(14)16-18)7-15-1-2-17-3-5-19-6-4-17/h8,15,18H,1-7H2,(H2,14,16). The number of nitrogens with two attached hydrogens (primary N) is 1. The van der Waals surface area contributed by atoms with Crippen molar-refractivity contribution in [1.29, 1.82) is 0 Å². The van der Waals surface area contributed by atoms with E-state index in [1.807, 2.05) is 11.8 Å². The second kappa shape index (κ2) is 7.81. The Hall–Kier alpha value is -0.670. The molecule has 0 aliphatic carbocycles. The van der Waals surface area contributed by atoms with Crippen LogP contribution >= 0.6 is 11.8 Å². The summed E-state index contributed by atoms with van der Waals surface area (Å²) in [6.45, 7) is 2.73. The van der Waals surface area contributed by atoms with E-state index in [0.29, 0.717) is 13.1 Å². The number of oxime groups is 1. The highest BCUT2D eigenvalue weighted by atomic mass is 32.2. The Bertz CT molecular complexity index is 295. The topological polar surface area (TPSA) is 73.9 Å². The summed E-state index contributed by atoms with van der Waals surface area (Å²) in [6.07, 6.45) is -4.51. The smallest absolute Gasteiger partial charge is 0.400 e. The molecule has 1 atom stereocenters. The molecule has 19 heavy (non-hydrogen) atoms. The van der Waals surface area contributed by atoms with Crippen LogP contribution in [0.1, 0.15) is 0 Å². The number of alkyl halides is 3. The van der Waals surface area contributed by atoms with Gasteiger partial charge in [0.25, 0.3) is 0 Å². The monoisotopic (exact) mass is 300 g/mol. The lowest BCUT2D eigenvalue weighted by Crippen LogP contribution is -2.45. The molecule has 0 spiro atoms. The molecule has 0 saturated carbocycles. The van der Waals surface area contributed by atoms with Crippen LogP contribution in [-0.2, 0) is 0 Å². The molecular formula is C10H19F3N4OS. The zero-order valence-corrected chi connectivity index (χ0v) is 11.3. The molecule has 0 aromatic heterocycles. The van der Waals surface area contributed by atoms with Gasteiger partial charge in [-0.3, -0.25) is 0 Å². The molecule has 1 saturated heterocycles. The van der Waals surface area contributed by atoms with Crippen molar-refractivity contribution in [2.24, 2.45) is 16.8 Å². The van der Waals surface area contributed by atoms with Crippen LogP contribution in [-0.4, -0.2) is 66.3 Å². The van der Waals surface area contributed by atoms with Crippen LogP contribution in [0.15, 0.2) is 5.16 Å². The number of thioether (sulfide) groups is 1. The second-order valence-electron chi connectivity index (χ2n) is 4.28. The fourth-order valence-corrected chi connectivity index (χ4v) is 2.74. The molecule has 4 N–H and O–H groups in total. The Morgan fingerprint density at radius 1 is 1.42 bits per heavy atom. The van der Waals surface area contributed by atoms with Crippen molar-refractivity contribution in [2.75, 3.05) is 44.2 Å². The summed E-state index contributed by atoms with van der Waals surface area (Å²) in [6, 6.07) is 0. The van der Waals surface area contributed by atoms with Gasteiger partial charge in [0.05, 0.1) is 0 Å². The first-order valence-corrected chi connectivity index (χ1v) is 7.15. The van der Waals surface area contributed by atoms with Crippen LogP contribution in [0, 0.1) is 5.92 Å². The first-order chi connectivity index (χ1) is 8.95. The Morgan fingerprint density at radius 2 is 2.05 bits per heavy atom. The Kier molecular flexibility index (Phi) is 6.73. The van der Waals surface area contributed by atoms with E-state index < -0.39 is 17.9 Å². The third-order valence-corrected chi connectivity index (χ3v) is 3.87. The van der Waals surface area contributed by atoms with Crippen LogP contribution in [0.4, 0.5) is 13.2 Å². The molecule has 5 nitrogen and oxygen atoms in total. The summed E-state index contributed by atoms with van der Waals surface area (Å²) in [5.74, 6) is -0.631. The van der Waals surface area contributed by atoms with Crippen LogP contribution in [0.2, 0.25) is 0 Å². The van der Waals surface area contributed by atoms with Gasteiger partial charge in [0.15, 0.2) is 5.84 Å². The molecule has 1 fully saturated rings. The lowest BCUT2D eigenvalue weighted by atomic mass is 10.1. The van der Waals surface area contributed by atoms with E-state index in [0.717, 1.165) is 24.6 Å². The van der Waals surface area contributed by atoms with Crippen LogP contribution in [0.5, 0.6) is 0 Å². The first-order valence-electron chi connectivity index (χ1n) is 6.00. The fourth-order valence-electron chi connectivity index (χ4n) is 1.77. The zero-order valence-electron chi connectivity index (χ0n) is 10.5. The molecule has 0 bridgehead atoms. The average molecular weight is 300 g/mol. The fraction of sp³-hybridized carbons (Fsp3) is 0.900. The minimum atomic E-state index is -4.51. The summed E-state index contributed by atoms with van der Waals surface area (Å²) in [7, 11) is 0. The molecule has 1 unspecified atom stereocenters. The van der Waals surface area contributed by atoms with Gasteiger partial charge in [0.2, 0.25) is 0 Å². The maximum Gasteiger partial charge on any atom is 0.400 e. The van der Waals surface area contributed by atoms with Gasteiger partial charge in [-0.05, 0) is 0 Å². The molecule has 1 rings (SSSR count). The van der Waals surface area contributed by atoms with Crippen molar-refractivity contribution in [3.8, 4) is 0 Å². The van der Waals surface area contributed by atoms with Crippen molar-refractivity contribution in [3.63, 3.8) is 0 Å². The van der Waals surface area contributed by atoms with Crippen molar-refractivity contribution < 1.29 is 18.4 Å². The molecule has 0 aromatic carbocycles. The van der Waals surface area contributed by atoms with Gasteiger partial charge >= 0.3 is 6.18 Å². The lowest BCUT2D eigenvalue weighted by Gasteiger charge is -2.26. The second-order valence-corrected chi connectivity index (χ2v) is 5.50. The Labute approximate surface area is 114 Å². The van der Waals surface area contributed by atoms with Gasteiger partial charge in [-0.15, -0.1) is 0 Å². The van der Waals surface area contributed by atoms with Gasteiger partial charge in [0, 0.05) is 44.2 Å². The molecule has 9 heteroatoms. The minimum absolute atomic E-state index is 0.373. The maximum absolute atomic E-state index is 12.6. The number of amidine groups is 1. The Balaban J connectivity index is 2.28. The van der Waals surface area contributed by atoms with Gasteiger partial charge in [-0.1, -0.05) is 5.16 Å². The van der Waals surface area contributed by atoms with E-state index >= 15 is 0 Å². The van der Waals surface area contributed by atoms with E-state index in [9.17, 15) is 13.2 Å². The summed E-state index contributed by atoms with van der Waals surface area (Å²) in [4.78, 5) is 2.20. The van der Waals surface area contributed by atoms with E-state index in [-0.39, 0.29) is 6.54 Å². The van der Waals surface area contributed by atoms with Gasteiger partial charge in [-0.25, -0.2) is 0 Å². The van der Waals surface area contributed by atoms with Crippen LogP contribution in [0.25, 0.3) is 0 Å². The van der Waals surface area contributed by atoms with Crippen molar-refractivity contribution in [2.45, 2.75) is 6.18 Å². The van der Waals surface area contributed by atoms with E-state index in [1.54, 1.807) is 0 Å². The molecule has 0 radical (unpaired) electrons. The molecule has 0 aromatic rings. The highest BCUT2D eigenvalue weighted by Gasteiger charge is 2.42. The third-order valence-electron chi connectivity index (χ3n) is 2.92. The highest BCUT2D eigenvalue weighted by molar-refractivity contribution is 7.99. The average Bonchev–Trinajstić information content (AvgIpc) is 2.37. The van der Waals surface area contributed by atoms with Crippen LogP contribution < -0.4 is 11.1 Å². The number of nitrogens with one attached hydrogen (secondary N) is 1. The van der Waals surface area contributed by atoms with E-state index in [1.165, 1.54) is 0 Å². The minimum Gasteiger partial charge on any atom is -0.409 e. The third kappa shape index (κ3) is 5.87. The Morgan fingerprint density at radius 3 is 2.58 bits per heavy atom. The number of nitrogens with zero attached hydrogens (tertiary/aromatic N) is 2. The maximum atomic E-state index is 12.6. The van der Waals surface area contributed by atoms with Crippen LogP contribution in [0.3, 0.4) is 0 Å². The first kappa shape index (κ1) is 16.4. The predicted octanol–water partition coefficient (Wildman–Crippen LogP) is 0.550. The van der Waals surface area contributed by atoms with Crippen molar-refractivity contribution in [3.05, 3.63) is 0 Å². The summed E-state index contributed by atoms with van der Waals surface area (Å²) in [5, 5.41) is 13.5. The van der Waals surface area contributed by atoms with Gasteiger partial charge in [0.1, 0.15) is 5.92 Å². The molecule has 1 heterocycles. The van der Waals surface area contributed by atoms with E-state index in [4.69, 9.17) is 10.9 Å². The van der Waals surface area contributed by atoms with E-state index in [2.05, 4.69) is 15.4 Å². The number of halogens is 3. The molecule has 1 aliphatic heterocycles. The van der Waals surface area contributed by atoms with Gasteiger partial charge < -0.3 is 21.2 Å². The van der Waals surface area contributed by atoms with Crippen molar-refractivity contribution >= 4 is 17.6 Å². The quantitative estimate of drug-likeness (QED) is 0.220. The lowest BCUT2D eigenvalue weighted by molar-refractivity contribution is -0.154. The molecular weight excluding hydrogens is 281 g/mol. The normalized spacial score (nSPS) is 20.5. The largest absolute Gasteiger partial charge is 0.409 e. The predicted molar refractivity (Wildman–Crippen MR) is 69.6 cm³/mol. The van der Waals surface area contributed by atoms with Gasteiger partial charge in [-0.2, -0.15) is 24.9 Å². The highest BCUT2D eigenvalue weighted by Crippen LogP contribution is 2.25. The number of hydrogen-bond acceptors (Lipinski definition) is 5. The summed E-state index contributed by atoms with van der Waals surface area (Å²) >= 11 is 1.88. The molecule has 1 aliphatic rings.